The third-order valence-electron chi connectivity index (χ3n) is 4.51. The van der Waals surface area contributed by atoms with Crippen LogP contribution >= 0.6 is 11.3 Å². The van der Waals surface area contributed by atoms with E-state index in [1.54, 1.807) is 11.3 Å². The summed E-state index contributed by atoms with van der Waals surface area (Å²) >= 11 is 1.65. The van der Waals surface area contributed by atoms with Crippen LogP contribution in [0.15, 0.2) is 10.8 Å². The normalized spacial score (nSPS) is 15.0. The highest BCUT2D eigenvalue weighted by molar-refractivity contribution is 7.08. The second-order valence-corrected chi connectivity index (χ2v) is 7.30. The molecule has 2 nitrogen and oxygen atoms in total. The first-order chi connectivity index (χ1) is 10.9. The maximum Gasteiger partial charge on any atom is 0.171 e. The summed E-state index contributed by atoms with van der Waals surface area (Å²) in [4.78, 5) is 0. The van der Waals surface area contributed by atoms with Crippen LogP contribution in [0.2, 0.25) is 0 Å². The number of ether oxygens (including phenoxy) is 2. The standard InChI is InChI=1S/C19H32O2S/c1-2-3-4-5-6-7-8-9-10-11-12-17-13-20-18-15-22-16-19(18)21-14-17/h15-17H,2-14H2,1H3. The second-order valence-electron chi connectivity index (χ2n) is 6.56. The molecule has 0 unspecified atom stereocenters. The van der Waals surface area contributed by atoms with Gasteiger partial charge >= 0.3 is 0 Å². The van der Waals surface area contributed by atoms with Gasteiger partial charge in [0.15, 0.2) is 11.5 Å². The van der Waals surface area contributed by atoms with Gasteiger partial charge in [-0.05, 0) is 6.42 Å². The van der Waals surface area contributed by atoms with Crippen LogP contribution in [0.3, 0.4) is 0 Å². The predicted molar refractivity (Wildman–Crippen MR) is 95.3 cm³/mol. The van der Waals surface area contributed by atoms with Crippen LogP contribution in [-0.4, -0.2) is 13.2 Å². The van der Waals surface area contributed by atoms with Crippen LogP contribution in [0.4, 0.5) is 0 Å². The quantitative estimate of drug-likeness (QED) is 0.436. The Hall–Kier alpha value is -0.700. The highest BCUT2D eigenvalue weighted by atomic mass is 32.1. The van der Waals surface area contributed by atoms with Crippen LogP contribution in [0, 0.1) is 5.92 Å². The van der Waals surface area contributed by atoms with Gasteiger partial charge in [0.05, 0.1) is 13.2 Å². The molecule has 0 radical (unpaired) electrons. The molecule has 0 N–H and O–H groups in total. The lowest BCUT2D eigenvalue weighted by atomic mass is 10.0. The Morgan fingerprint density at radius 2 is 1.32 bits per heavy atom. The SMILES string of the molecule is CCCCCCCCCCCCC1COc2cscc2OC1. The average Bonchev–Trinajstić information content (AvgIpc) is 2.90. The lowest BCUT2D eigenvalue weighted by molar-refractivity contribution is 0.202. The summed E-state index contributed by atoms with van der Waals surface area (Å²) in [6.45, 7) is 3.92. The van der Waals surface area contributed by atoms with E-state index in [-0.39, 0.29) is 0 Å². The second kappa shape index (κ2) is 10.9. The van der Waals surface area contributed by atoms with Crippen LogP contribution in [0.1, 0.15) is 77.6 Å². The summed E-state index contributed by atoms with van der Waals surface area (Å²) in [5.74, 6) is 2.44. The zero-order chi connectivity index (χ0) is 15.5. The molecule has 1 aromatic rings. The highest BCUT2D eigenvalue weighted by Crippen LogP contribution is 2.34. The number of thiophene rings is 1. The maximum atomic E-state index is 5.83. The Morgan fingerprint density at radius 1 is 0.818 bits per heavy atom. The van der Waals surface area contributed by atoms with Gasteiger partial charge in [-0.15, -0.1) is 11.3 Å². The molecule has 0 atom stereocenters. The predicted octanol–water partition coefficient (Wildman–Crippen LogP) is 6.45. The van der Waals surface area contributed by atoms with Gasteiger partial charge < -0.3 is 9.47 Å². The van der Waals surface area contributed by atoms with Gasteiger partial charge in [0, 0.05) is 16.7 Å². The smallest absolute Gasteiger partial charge is 0.171 e. The first-order valence-electron chi connectivity index (χ1n) is 9.22. The van der Waals surface area contributed by atoms with E-state index in [0.717, 1.165) is 24.7 Å². The van der Waals surface area contributed by atoms with Crippen molar-refractivity contribution in [3.63, 3.8) is 0 Å². The molecule has 2 heterocycles. The van der Waals surface area contributed by atoms with Crippen molar-refractivity contribution in [1.82, 2.24) is 0 Å². The van der Waals surface area contributed by atoms with Gasteiger partial charge in [-0.3, -0.25) is 0 Å². The third-order valence-corrected chi connectivity index (χ3v) is 5.21. The van der Waals surface area contributed by atoms with Crippen molar-refractivity contribution in [2.45, 2.75) is 77.6 Å². The summed E-state index contributed by atoms with van der Waals surface area (Å²) < 4.78 is 11.7. The first kappa shape index (κ1) is 17.7. The van der Waals surface area contributed by atoms with Crippen LogP contribution in [0.25, 0.3) is 0 Å². The Balaban J connectivity index is 1.42. The monoisotopic (exact) mass is 324 g/mol. The molecule has 1 aromatic heterocycles. The fourth-order valence-electron chi connectivity index (χ4n) is 3.03. The largest absolute Gasteiger partial charge is 0.488 e. The summed E-state index contributed by atoms with van der Waals surface area (Å²) in [6.07, 6.45) is 15.2. The molecule has 2 rings (SSSR count). The lowest BCUT2D eigenvalue weighted by Crippen LogP contribution is -2.16. The number of fused-ring (bicyclic) bond motifs is 1. The highest BCUT2D eigenvalue weighted by Gasteiger charge is 2.18. The van der Waals surface area contributed by atoms with Crippen LogP contribution < -0.4 is 9.47 Å². The Labute approximate surface area is 140 Å². The van der Waals surface area contributed by atoms with Gasteiger partial charge in [0.2, 0.25) is 0 Å². The molecule has 0 bridgehead atoms. The molecule has 1 aliphatic heterocycles. The Kier molecular flexibility index (Phi) is 8.77. The molecular weight excluding hydrogens is 292 g/mol. The minimum Gasteiger partial charge on any atom is -0.488 e. The van der Waals surface area contributed by atoms with E-state index >= 15 is 0 Å². The van der Waals surface area contributed by atoms with Crippen molar-refractivity contribution in [3.05, 3.63) is 10.8 Å². The molecule has 1 aliphatic rings. The van der Waals surface area contributed by atoms with E-state index in [0.29, 0.717) is 5.92 Å². The molecule has 0 aliphatic carbocycles. The lowest BCUT2D eigenvalue weighted by Gasteiger charge is -2.13. The number of hydrogen-bond acceptors (Lipinski definition) is 3. The van der Waals surface area contributed by atoms with Crippen molar-refractivity contribution >= 4 is 11.3 Å². The number of hydrogen-bond donors (Lipinski definition) is 0. The number of rotatable bonds is 11. The van der Waals surface area contributed by atoms with Gasteiger partial charge in [-0.1, -0.05) is 71.1 Å². The van der Waals surface area contributed by atoms with Crippen molar-refractivity contribution in [2.75, 3.05) is 13.2 Å². The Bertz CT molecular complexity index is 366. The fourth-order valence-corrected chi connectivity index (χ4v) is 3.72. The van der Waals surface area contributed by atoms with Crippen molar-refractivity contribution < 1.29 is 9.47 Å². The van der Waals surface area contributed by atoms with Crippen molar-refractivity contribution in [3.8, 4) is 11.5 Å². The molecule has 22 heavy (non-hydrogen) atoms. The minimum atomic E-state index is 0.562. The zero-order valence-electron chi connectivity index (χ0n) is 14.1. The topological polar surface area (TPSA) is 18.5 Å². The fraction of sp³-hybridized carbons (Fsp3) is 0.789. The molecule has 0 spiro atoms. The van der Waals surface area contributed by atoms with E-state index in [1.807, 2.05) is 10.8 Å². The van der Waals surface area contributed by atoms with Gasteiger partial charge in [-0.2, -0.15) is 0 Å². The molecular formula is C19H32O2S. The van der Waals surface area contributed by atoms with E-state index in [2.05, 4.69) is 6.92 Å². The third kappa shape index (κ3) is 6.60. The molecule has 3 heteroatoms. The average molecular weight is 325 g/mol. The van der Waals surface area contributed by atoms with E-state index in [1.165, 1.54) is 70.6 Å². The zero-order valence-corrected chi connectivity index (χ0v) is 15.0. The van der Waals surface area contributed by atoms with E-state index in [4.69, 9.17) is 9.47 Å². The molecule has 0 amide bonds. The van der Waals surface area contributed by atoms with E-state index < -0.39 is 0 Å². The Morgan fingerprint density at radius 3 is 1.86 bits per heavy atom. The molecule has 0 fully saturated rings. The molecule has 0 aromatic carbocycles. The van der Waals surface area contributed by atoms with E-state index in [9.17, 15) is 0 Å². The molecule has 0 saturated carbocycles. The first-order valence-corrected chi connectivity index (χ1v) is 10.2. The molecule has 126 valence electrons. The number of unbranched alkanes of at least 4 members (excludes halogenated alkanes) is 9. The summed E-state index contributed by atoms with van der Waals surface area (Å²) in [5, 5.41) is 4.08. The minimum absolute atomic E-state index is 0.562. The van der Waals surface area contributed by atoms with Gasteiger partial charge in [0.1, 0.15) is 0 Å². The van der Waals surface area contributed by atoms with Crippen LogP contribution in [0.5, 0.6) is 11.5 Å². The van der Waals surface area contributed by atoms with Crippen LogP contribution in [-0.2, 0) is 0 Å². The van der Waals surface area contributed by atoms with Crippen molar-refractivity contribution in [1.29, 1.82) is 0 Å². The molecule has 0 saturated heterocycles. The maximum absolute atomic E-state index is 5.83. The summed E-state index contributed by atoms with van der Waals surface area (Å²) in [6, 6.07) is 0. The summed E-state index contributed by atoms with van der Waals surface area (Å²) in [7, 11) is 0. The summed E-state index contributed by atoms with van der Waals surface area (Å²) in [5.41, 5.74) is 0. The van der Waals surface area contributed by atoms with Crippen molar-refractivity contribution in [2.24, 2.45) is 5.92 Å². The van der Waals surface area contributed by atoms with Gasteiger partial charge in [-0.25, -0.2) is 0 Å². The van der Waals surface area contributed by atoms with Gasteiger partial charge in [0.25, 0.3) is 0 Å².